The van der Waals surface area contributed by atoms with Gasteiger partial charge in [0, 0.05) is 28.4 Å². The molecular weight excluding hydrogens is 356 g/mol. The number of nitro benzene ring substituents is 1. The molecule has 1 atom stereocenters. The van der Waals surface area contributed by atoms with Crippen molar-refractivity contribution in [3.05, 3.63) is 82.4 Å². The standard InChI is InChI=1S/C22H18N2O4/c1-14-7-3-6-10-21(14)28-22(25)15(2)23-19-9-5-4-8-17(19)18-13-16(24(26)27)11-12-20(18)23/h3-13,15H,1-2H3. The summed E-state index contributed by atoms with van der Waals surface area (Å²) in [7, 11) is 0. The summed E-state index contributed by atoms with van der Waals surface area (Å²) in [6.45, 7) is 3.65. The Labute approximate surface area is 161 Å². The molecular formula is C22H18N2O4. The molecule has 28 heavy (non-hydrogen) atoms. The first kappa shape index (κ1) is 17.7. The van der Waals surface area contributed by atoms with Gasteiger partial charge in [-0.15, -0.1) is 0 Å². The molecule has 0 aliphatic heterocycles. The number of esters is 1. The van der Waals surface area contributed by atoms with Gasteiger partial charge < -0.3 is 9.30 Å². The van der Waals surface area contributed by atoms with Crippen molar-refractivity contribution in [2.45, 2.75) is 19.9 Å². The van der Waals surface area contributed by atoms with Gasteiger partial charge in [-0.05, 0) is 37.6 Å². The fourth-order valence-electron chi connectivity index (χ4n) is 3.49. The van der Waals surface area contributed by atoms with Gasteiger partial charge in [0.2, 0.25) is 0 Å². The van der Waals surface area contributed by atoms with E-state index < -0.39 is 16.9 Å². The number of benzene rings is 3. The van der Waals surface area contributed by atoms with E-state index in [1.54, 1.807) is 25.1 Å². The van der Waals surface area contributed by atoms with E-state index in [2.05, 4.69) is 0 Å². The smallest absolute Gasteiger partial charge is 0.334 e. The van der Waals surface area contributed by atoms with E-state index in [0.29, 0.717) is 5.75 Å². The average Bonchev–Trinajstić information content (AvgIpc) is 3.02. The number of hydrogen-bond acceptors (Lipinski definition) is 4. The maximum atomic E-state index is 12.9. The molecule has 0 aliphatic carbocycles. The third-order valence-electron chi connectivity index (χ3n) is 4.94. The Kier molecular flexibility index (Phi) is 4.31. The lowest BCUT2D eigenvalue weighted by Gasteiger charge is -2.16. The van der Waals surface area contributed by atoms with Crippen molar-refractivity contribution in [2.24, 2.45) is 0 Å². The van der Waals surface area contributed by atoms with Gasteiger partial charge in [0.05, 0.1) is 10.4 Å². The number of hydrogen-bond donors (Lipinski definition) is 0. The Morgan fingerprint density at radius 1 is 1.00 bits per heavy atom. The second kappa shape index (κ2) is 6.81. The Morgan fingerprint density at radius 3 is 2.43 bits per heavy atom. The lowest BCUT2D eigenvalue weighted by Crippen LogP contribution is -2.21. The maximum Gasteiger partial charge on any atom is 0.334 e. The minimum Gasteiger partial charge on any atom is -0.425 e. The number of non-ortho nitro benzene ring substituents is 1. The fourth-order valence-corrected chi connectivity index (χ4v) is 3.49. The molecule has 3 aromatic carbocycles. The highest BCUT2D eigenvalue weighted by Crippen LogP contribution is 2.34. The van der Waals surface area contributed by atoms with Gasteiger partial charge in [-0.2, -0.15) is 0 Å². The number of nitrogens with zero attached hydrogens (tertiary/aromatic N) is 2. The zero-order valence-electron chi connectivity index (χ0n) is 15.5. The van der Waals surface area contributed by atoms with Crippen LogP contribution in [-0.4, -0.2) is 15.5 Å². The maximum absolute atomic E-state index is 12.9. The molecule has 0 spiro atoms. The number of aromatic nitrogens is 1. The largest absolute Gasteiger partial charge is 0.425 e. The highest BCUT2D eigenvalue weighted by molar-refractivity contribution is 6.09. The van der Waals surface area contributed by atoms with Crippen LogP contribution in [0.15, 0.2) is 66.7 Å². The molecule has 0 bridgehead atoms. The summed E-state index contributed by atoms with van der Waals surface area (Å²) in [6.07, 6.45) is 0. The average molecular weight is 374 g/mol. The van der Waals surface area contributed by atoms with Crippen molar-refractivity contribution in [1.82, 2.24) is 4.57 Å². The molecule has 0 radical (unpaired) electrons. The normalized spacial score (nSPS) is 12.2. The van der Waals surface area contributed by atoms with Gasteiger partial charge in [0.1, 0.15) is 11.8 Å². The number of carbonyl (C=O) groups is 1. The molecule has 0 saturated heterocycles. The predicted octanol–water partition coefficient (Wildman–Crippen LogP) is 5.18. The topological polar surface area (TPSA) is 74.4 Å². The molecule has 140 valence electrons. The van der Waals surface area contributed by atoms with Gasteiger partial charge in [-0.25, -0.2) is 4.79 Å². The van der Waals surface area contributed by atoms with E-state index in [0.717, 1.165) is 27.4 Å². The Morgan fingerprint density at radius 2 is 1.68 bits per heavy atom. The van der Waals surface area contributed by atoms with Crippen LogP contribution in [-0.2, 0) is 4.79 Å². The van der Waals surface area contributed by atoms with E-state index in [4.69, 9.17) is 4.74 Å². The molecule has 6 nitrogen and oxygen atoms in total. The first-order chi connectivity index (χ1) is 13.5. The summed E-state index contributed by atoms with van der Waals surface area (Å²) >= 11 is 0. The van der Waals surface area contributed by atoms with Crippen molar-refractivity contribution in [1.29, 1.82) is 0 Å². The molecule has 1 heterocycles. The Bertz CT molecular complexity index is 1230. The minimum absolute atomic E-state index is 0.0190. The van der Waals surface area contributed by atoms with Crippen LogP contribution in [0.5, 0.6) is 5.75 Å². The molecule has 4 rings (SSSR count). The van der Waals surface area contributed by atoms with Crippen LogP contribution in [0, 0.1) is 17.0 Å². The van der Waals surface area contributed by atoms with Crippen LogP contribution < -0.4 is 4.74 Å². The van der Waals surface area contributed by atoms with Crippen LogP contribution in [0.3, 0.4) is 0 Å². The number of ether oxygens (including phenoxy) is 1. The third-order valence-corrected chi connectivity index (χ3v) is 4.94. The molecule has 1 unspecified atom stereocenters. The van der Waals surface area contributed by atoms with Crippen molar-refractivity contribution in [3.63, 3.8) is 0 Å². The summed E-state index contributed by atoms with van der Waals surface area (Å²) < 4.78 is 7.49. The van der Waals surface area contributed by atoms with Crippen LogP contribution in [0.25, 0.3) is 21.8 Å². The van der Waals surface area contributed by atoms with Crippen LogP contribution in [0.2, 0.25) is 0 Å². The lowest BCUT2D eigenvalue weighted by molar-refractivity contribution is -0.384. The van der Waals surface area contributed by atoms with E-state index in [1.165, 1.54) is 6.07 Å². The van der Waals surface area contributed by atoms with Crippen molar-refractivity contribution >= 4 is 33.5 Å². The van der Waals surface area contributed by atoms with Gasteiger partial charge in [0.25, 0.3) is 5.69 Å². The summed E-state index contributed by atoms with van der Waals surface area (Å²) in [5.41, 5.74) is 2.47. The SMILES string of the molecule is Cc1ccccc1OC(=O)C(C)n1c2ccccc2c2cc([N+](=O)[O-])ccc21. The van der Waals surface area contributed by atoms with Crippen LogP contribution >= 0.6 is 0 Å². The number of para-hydroxylation sites is 2. The molecule has 0 saturated carbocycles. The zero-order valence-corrected chi connectivity index (χ0v) is 15.5. The molecule has 0 fully saturated rings. The first-order valence-electron chi connectivity index (χ1n) is 8.92. The quantitative estimate of drug-likeness (QED) is 0.214. The van der Waals surface area contributed by atoms with E-state index in [1.807, 2.05) is 54.0 Å². The van der Waals surface area contributed by atoms with Gasteiger partial charge in [-0.3, -0.25) is 10.1 Å². The Hall–Kier alpha value is -3.67. The summed E-state index contributed by atoms with van der Waals surface area (Å²) in [6, 6.07) is 19.0. The summed E-state index contributed by atoms with van der Waals surface area (Å²) in [4.78, 5) is 23.6. The number of carbonyl (C=O) groups excluding carboxylic acids is 1. The number of aryl methyl sites for hydroxylation is 1. The highest BCUT2D eigenvalue weighted by Gasteiger charge is 2.23. The fraction of sp³-hybridized carbons (Fsp3) is 0.136. The van der Waals surface area contributed by atoms with Crippen molar-refractivity contribution in [3.8, 4) is 5.75 Å². The summed E-state index contributed by atoms with van der Waals surface area (Å²) in [5, 5.41) is 12.8. The molecule has 0 aliphatic rings. The number of nitro groups is 1. The second-order valence-electron chi connectivity index (χ2n) is 6.71. The first-order valence-corrected chi connectivity index (χ1v) is 8.92. The molecule has 0 N–H and O–H groups in total. The monoisotopic (exact) mass is 374 g/mol. The lowest BCUT2D eigenvalue weighted by atomic mass is 10.1. The highest BCUT2D eigenvalue weighted by atomic mass is 16.6. The summed E-state index contributed by atoms with van der Waals surface area (Å²) in [5.74, 6) is 0.131. The third kappa shape index (κ3) is 2.89. The Balaban J connectivity index is 1.83. The molecule has 1 aromatic heterocycles. The number of rotatable bonds is 4. The number of fused-ring (bicyclic) bond motifs is 3. The van der Waals surface area contributed by atoms with Crippen molar-refractivity contribution in [2.75, 3.05) is 0 Å². The zero-order chi connectivity index (χ0) is 19.8. The van der Waals surface area contributed by atoms with E-state index >= 15 is 0 Å². The predicted molar refractivity (Wildman–Crippen MR) is 108 cm³/mol. The van der Waals surface area contributed by atoms with Gasteiger partial charge in [0.15, 0.2) is 0 Å². The molecule has 6 heteroatoms. The second-order valence-corrected chi connectivity index (χ2v) is 6.71. The van der Waals surface area contributed by atoms with Crippen molar-refractivity contribution < 1.29 is 14.5 Å². The van der Waals surface area contributed by atoms with Crippen LogP contribution in [0.4, 0.5) is 5.69 Å². The van der Waals surface area contributed by atoms with Gasteiger partial charge in [-0.1, -0.05) is 36.4 Å². The van der Waals surface area contributed by atoms with Gasteiger partial charge >= 0.3 is 5.97 Å². The van der Waals surface area contributed by atoms with E-state index in [-0.39, 0.29) is 5.69 Å². The molecule has 4 aromatic rings. The molecule has 0 amide bonds. The minimum atomic E-state index is -0.608. The van der Waals surface area contributed by atoms with Crippen LogP contribution in [0.1, 0.15) is 18.5 Å². The van der Waals surface area contributed by atoms with E-state index in [9.17, 15) is 14.9 Å².